The summed E-state index contributed by atoms with van der Waals surface area (Å²) in [7, 11) is 0. The van der Waals surface area contributed by atoms with E-state index in [9.17, 15) is 12.9 Å². The van der Waals surface area contributed by atoms with Gasteiger partial charge in [-0.25, -0.2) is 0 Å². The molecule has 0 fully saturated rings. The summed E-state index contributed by atoms with van der Waals surface area (Å²) in [6.07, 6.45) is 0. The summed E-state index contributed by atoms with van der Waals surface area (Å²) >= 11 is 5.41. The molecule has 0 radical (unpaired) electrons. The fraction of sp³-hybridized carbons (Fsp3) is 0.143. The number of rotatable bonds is 1. The van der Waals surface area contributed by atoms with Crippen LogP contribution in [0.25, 0.3) is 0 Å². The summed E-state index contributed by atoms with van der Waals surface area (Å²) in [4.78, 5) is 0. The minimum Gasteiger partial charge on any atom is -0.445 e. The molecule has 0 saturated heterocycles. The minimum atomic E-state index is -4.99. The van der Waals surface area contributed by atoms with Crippen molar-refractivity contribution in [2.75, 3.05) is 0 Å². The Kier molecular flexibility index (Phi) is 5.59. The van der Waals surface area contributed by atoms with Gasteiger partial charge >= 0.3 is 58.4 Å². The van der Waals surface area contributed by atoms with Crippen molar-refractivity contribution in [3.63, 3.8) is 0 Å². The minimum absolute atomic E-state index is 0. The third-order valence-corrected chi connectivity index (χ3v) is 1.93. The van der Waals surface area contributed by atoms with Crippen LogP contribution in [0.3, 0.4) is 0 Å². The van der Waals surface area contributed by atoms with Crippen LogP contribution < -0.4 is 56.8 Å². The fourth-order valence-electron chi connectivity index (χ4n) is 1.06. The van der Waals surface area contributed by atoms with Crippen molar-refractivity contribution in [3.05, 3.63) is 28.8 Å². The number of hydrogen-bond acceptors (Lipinski definition) is 0. The topological polar surface area (TPSA) is 0 Å². The second kappa shape index (κ2) is 5.19. The molecular weight excluding hydrogens is 226 g/mol. The molecule has 0 amide bonds. The number of benzene rings is 1. The molecule has 0 aliphatic heterocycles. The maximum atomic E-state index is 12.3. The Morgan fingerprint density at radius 1 is 1.23 bits per heavy atom. The molecule has 0 atom stereocenters. The van der Waals surface area contributed by atoms with E-state index in [0.29, 0.717) is 0 Å². The molecule has 0 heterocycles. The van der Waals surface area contributed by atoms with Crippen molar-refractivity contribution in [3.8, 4) is 0 Å². The van der Waals surface area contributed by atoms with Crippen molar-refractivity contribution in [2.45, 2.75) is 6.92 Å². The molecule has 0 unspecified atom stereocenters. The SMILES string of the molecule is Cc1cccc(Cl)c1[B-](F)(F)F.[K+]. The van der Waals surface area contributed by atoms with Gasteiger partial charge in [0.1, 0.15) is 0 Å². The zero-order chi connectivity index (χ0) is 9.35. The first kappa shape index (κ1) is 14.0. The molecule has 0 spiro atoms. The van der Waals surface area contributed by atoms with Crippen molar-refractivity contribution in [1.29, 1.82) is 0 Å². The molecule has 0 aromatic heterocycles. The van der Waals surface area contributed by atoms with Gasteiger partial charge in [0, 0.05) is 5.02 Å². The summed E-state index contributed by atoms with van der Waals surface area (Å²) in [6.45, 7) is -3.59. The van der Waals surface area contributed by atoms with Crippen LogP contribution in [0.15, 0.2) is 18.2 Å². The molecule has 1 aromatic carbocycles. The van der Waals surface area contributed by atoms with Gasteiger partial charge in [-0.05, 0) is 13.0 Å². The summed E-state index contributed by atoms with van der Waals surface area (Å²) in [5, 5.41) is -0.220. The normalized spacial score (nSPS) is 10.8. The van der Waals surface area contributed by atoms with E-state index in [4.69, 9.17) is 11.6 Å². The summed E-state index contributed by atoms with van der Waals surface area (Å²) in [5.41, 5.74) is -0.505. The first-order valence-corrected chi connectivity index (χ1v) is 3.75. The molecule has 0 aliphatic carbocycles. The van der Waals surface area contributed by atoms with E-state index in [1.807, 2.05) is 0 Å². The Bertz CT molecular complexity index is 280. The van der Waals surface area contributed by atoms with Crippen molar-refractivity contribution in [2.24, 2.45) is 0 Å². The quantitative estimate of drug-likeness (QED) is 0.584. The van der Waals surface area contributed by atoms with Crippen molar-refractivity contribution < 1.29 is 64.3 Å². The Hall–Kier alpha value is 1.00. The largest absolute Gasteiger partial charge is 1.00 e. The molecule has 13 heavy (non-hydrogen) atoms. The van der Waals surface area contributed by atoms with E-state index in [0.717, 1.165) is 0 Å². The number of aryl methyl sites for hydroxylation is 1. The zero-order valence-corrected chi connectivity index (χ0v) is 11.2. The Labute approximate surface area is 122 Å². The molecule has 0 bridgehead atoms. The first-order chi connectivity index (χ1) is 5.43. The van der Waals surface area contributed by atoms with Gasteiger partial charge in [0.2, 0.25) is 0 Å². The van der Waals surface area contributed by atoms with Gasteiger partial charge < -0.3 is 12.9 Å². The van der Waals surface area contributed by atoms with Crippen molar-refractivity contribution >= 4 is 24.0 Å². The molecule has 1 rings (SSSR count). The van der Waals surface area contributed by atoms with Gasteiger partial charge in [0.25, 0.3) is 0 Å². The van der Waals surface area contributed by atoms with E-state index in [1.54, 1.807) is 0 Å². The molecule has 0 N–H and O–H groups in total. The average molecular weight is 232 g/mol. The van der Waals surface area contributed by atoms with E-state index in [2.05, 4.69) is 0 Å². The standard InChI is InChI=1S/C7H6BClF3.K/c1-5-3-2-4-6(9)7(5)8(10,11)12;/h2-4H,1H3;/q-1;+1. The third kappa shape index (κ3) is 3.57. The molecule has 6 heteroatoms. The molecule has 0 saturated carbocycles. The third-order valence-electron chi connectivity index (χ3n) is 1.60. The van der Waals surface area contributed by atoms with E-state index >= 15 is 0 Å². The maximum Gasteiger partial charge on any atom is 1.00 e. The Morgan fingerprint density at radius 3 is 2.08 bits per heavy atom. The van der Waals surface area contributed by atoms with Crippen LogP contribution in [0.5, 0.6) is 0 Å². The van der Waals surface area contributed by atoms with Crippen LogP contribution in [0, 0.1) is 6.92 Å². The van der Waals surface area contributed by atoms with Gasteiger partial charge in [-0.3, -0.25) is 0 Å². The van der Waals surface area contributed by atoms with Gasteiger partial charge in [-0.2, -0.15) is 0 Å². The number of halogens is 4. The smallest absolute Gasteiger partial charge is 0.445 e. The van der Waals surface area contributed by atoms with Crippen LogP contribution >= 0.6 is 11.6 Å². The van der Waals surface area contributed by atoms with Crippen LogP contribution in [-0.2, 0) is 0 Å². The Morgan fingerprint density at radius 2 is 1.77 bits per heavy atom. The zero-order valence-electron chi connectivity index (χ0n) is 7.32. The van der Waals surface area contributed by atoms with Crippen LogP contribution in [0.1, 0.15) is 5.56 Å². The second-order valence-corrected chi connectivity index (χ2v) is 2.95. The number of hydrogen-bond donors (Lipinski definition) is 0. The molecular formula is C7H6BClF3K. The van der Waals surface area contributed by atoms with E-state index in [1.165, 1.54) is 25.1 Å². The van der Waals surface area contributed by atoms with Crippen LogP contribution in [0.4, 0.5) is 12.9 Å². The average Bonchev–Trinajstić information content (AvgIpc) is 1.82. The molecule has 66 valence electrons. The maximum absolute atomic E-state index is 12.3. The predicted molar refractivity (Wildman–Crippen MR) is 44.9 cm³/mol. The van der Waals surface area contributed by atoms with Gasteiger partial charge in [0.05, 0.1) is 0 Å². The van der Waals surface area contributed by atoms with Gasteiger partial charge in [0.15, 0.2) is 0 Å². The fourth-order valence-corrected chi connectivity index (χ4v) is 1.40. The molecule has 0 nitrogen and oxygen atoms in total. The van der Waals surface area contributed by atoms with Crippen LogP contribution in [0.2, 0.25) is 5.02 Å². The summed E-state index contributed by atoms with van der Waals surface area (Å²) in [6, 6.07) is 4.15. The molecule has 1 aromatic rings. The van der Waals surface area contributed by atoms with Crippen molar-refractivity contribution in [1.82, 2.24) is 0 Å². The van der Waals surface area contributed by atoms with Crippen LogP contribution in [-0.4, -0.2) is 6.98 Å². The summed E-state index contributed by atoms with van der Waals surface area (Å²) in [5.74, 6) is 0. The predicted octanol–water partition coefficient (Wildman–Crippen LogP) is -0.293. The monoisotopic (exact) mass is 232 g/mol. The van der Waals surface area contributed by atoms with E-state index in [-0.39, 0.29) is 62.0 Å². The Balaban J connectivity index is 0.00000144. The van der Waals surface area contributed by atoms with E-state index < -0.39 is 12.4 Å². The van der Waals surface area contributed by atoms with Gasteiger partial charge in [-0.1, -0.05) is 34.8 Å². The molecule has 0 aliphatic rings. The summed E-state index contributed by atoms with van der Waals surface area (Å²) < 4.78 is 36.9. The van der Waals surface area contributed by atoms with Gasteiger partial charge in [-0.15, -0.1) is 0 Å². The second-order valence-electron chi connectivity index (χ2n) is 2.55. The first-order valence-electron chi connectivity index (χ1n) is 3.38.